The lowest BCUT2D eigenvalue weighted by Gasteiger charge is -2.11. The van der Waals surface area contributed by atoms with Crippen molar-refractivity contribution in [1.82, 2.24) is 5.32 Å². The van der Waals surface area contributed by atoms with E-state index >= 15 is 0 Å². The first kappa shape index (κ1) is 15.0. The summed E-state index contributed by atoms with van der Waals surface area (Å²) in [5.41, 5.74) is 8.23. The highest BCUT2D eigenvalue weighted by Crippen LogP contribution is 2.20. The van der Waals surface area contributed by atoms with Crippen molar-refractivity contribution in [2.45, 2.75) is 26.7 Å². The van der Waals surface area contributed by atoms with Gasteiger partial charge in [0.05, 0.1) is 7.11 Å². The molecule has 0 aliphatic carbocycles. The maximum Gasteiger partial charge on any atom is 0.122 e. The molecule has 102 valence electrons. The van der Waals surface area contributed by atoms with Gasteiger partial charge in [-0.2, -0.15) is 0 Å². The molecule has 0 fully saturated rings. The molecule has 0 radical (unpaired) electrons. The van der Waals surface area contributed by atoms with Crippen LogP contribution >= 0.6 is 0 Å². The molecule has 0 saturated carbocycles. The predicted molar refractivity (Wildman–Crippen MR) is 77.2 cm³/mol. The highest BCUT2D eigenvalue weighted by molar-refractivity contribution is 5.37. The van der Waals surface area contributed by atoms with Crippen molar-refractivity contribution < 1.29 is 4.74 Å². The molecule has 0 bridgehead atoms. The van der Waals surface area contributed by atoms with Crippen molar-refractivity contribution in [2.75, 3.05) is 26.7 Å². The van der Waals surface area contributed by atoms with E-state index in [2.05, 4.69) is 37.4 Å². The number of ether oxygens (including phenoxy) is 1. The van der Waals surface area contributed by atoms with Gasteiger partial charge in [-0.05, 0) is 55.6 Å². The van der Waals surface area contributed by atoms with Gasteiger partial charge in [-0.25, -0.2) is 0 Å². The molecule has 1 unspecified atom stereocenters. The number of benzene rings is 1. The molecule has 3 heteroatoms. The second kappa shape index (κ2) is 8.11. The van der Waals surface area contributed by atoms with Crippen molar-refractivity contribution in [3.05, 3.63) is 29.3 Å². The van der Waals surface area contributed by atoms with E-state index in [0.29, 0.717) is 5.92 Å². The Morgan fingerprint density at radius 3 is 2.78 bits per heavy atom. The van der Waals surface area contributed by atoms with E-state index in [-0.39, 0.29) is 0 Å². The van der Waals surface area contributed by atoms with Gasteiger partial charge in [0.15, 0.2) is 0 Å². The Bertz CT molecular complexity index is 352. The van der Waals surface area contributed by atoms with Crippen LogP contribution in [0, 0.1) is 5.92 Å². The van der Waals surface area contributed by atoms with E-state index in [4.69, 9.17) is 10.5 Å². The average Bonchev–Trinajstić information content (AvgIpc) is 2.42. The van der Waals surface area contributed by atoms with Crippen LogP contribution in [0.5, 0.6) is 5.75 Å². The molecule has 3 nitrogen and oxygen atoms in total. The fraction of sp³-hybridized carbons (Fsp3) is 0.600. The van der Waals surface area contributed by atoms with E-state index in [1.165, 1.54) is 11.1 Å². The van der Waals surface area contributed by atoms with Gasteiger partial charge in [0.2, 0.25) is 0 Å². The van der Waals surface area contributed by atoms with Crippen molar-refractivity contribution in [3.8, 4) is 5.75 Å². The SMILES string of the molecule is CCc1cc(CCNCC(C)CN)ccc1OC. The van der Waals surface area contributed by atoms with Crippen LogP contribution in [0.25, 0.3) is 0 Å². The zero-order valence-electron chi connectivity index (χ0n) is 11.8. The third-order valence-corrected chi connectivity index (χ3v) is 3.21. The molecule has 0 amide bonds. The van der Waals surface area contributed by atoms with Crippen LogP contribution in [0.1, 0.15) is 25.0 Å². The lowest BCUT2D eigenvalue weighted by atomic mass is 10.1. The standard InChI is InChI=1S/C15H26N2O/c1-4-14-9-13(5-6-15(14)18-3)7-8-17-11-12(2)10-16/h5-6,9,12,17H,4,7-8,10-11,16H2,1-3H3. The number of methoxy groups -OCH3 is 1. The fourth-order valence-corrected chi connectivity index (χ4v) is 1.93. The van der Waals surface area contributed by atoms with Crippen molar-refractivity contribution in [1.29, 1.82) is 0 Å². The second-order valence-corrected chi connectivity index (χ2v) is 4.79. The lowest BCUT2D eigenvalue weighted by molar-refractivity contribution is 0.410. The van der Waals surface area contributed by atoms with E-state index in [9.17, 15) is 0 Å². The molecule has 0 aliphatic heterocycles. The minimum Gasteiger partial charge on any atom is -0.496 e. The molecule has 0 saturated heterocycles. The van der Waals surface area contributed by atoms with Crippen LogP contribution in [0.15, 0.2) is 18.2 Å². The minimum absolute atomic E-state index is 0.548. The molecule has 1 aromatic carbocycles. The summed E-state index contributed by atoms with van der Waals surface area (Å²) in [4.78, 5) is 0. The Balaban J connectivity index is 2.43. The summed E-state index contributed by atoms with van der Waals surface area (Å²) in [5.74, 6) is 1.54. The summed E-state index contributed by atoms with van der Waals surface area (Å²) < 4.78 is 5.33. The Labute approximate surface area is 111 Å². The molecule has 0 heterocycles. The normalized spacial score (nSPS) is 12.4. The van der Waals surface area contributed by atoms with Gasteiger partial charge < -0.3 is 15.8 Å². The molecule has 0 aromatic heterocycles. The highest BCUT2D eigenvalue weighted by Gasteiger charge is 2.03. The average molecular weight is 250 g/mol. The van der Waals surface area contributed by atoms with Crippen LogP contribution < -0.4 is 15.8 Å². The Morgan fingerprint density at radius 2 is 2.17 bits per heavy atom. The van der Waals surface area contributed by atoms with E-state index < -0.39 is 0 Å². The lowest BCUT2D eigenvalue weighted by Crippen LogP contribution is -2.27. The van der Waals surface area contributed by atoms with E-state index in [1.54, 1.807) is 7.11 Å². The summed E-state index contributed by atoms with van der Waals surface area (Å²) in [6.07, 6.45) is 2.06. The zero-order chi connectivity index (χ0) is 13.4. The van der Waals surface area contributed by atoms with Crippen LogP contribution in [0.4, 0.5) is 0 Å². The largest absolute Gasteiger partial charge is 0.496 e. The smallest absolute Gasteiger partial charge is 0.122 e. The van der Waals surface area contributed by atoms with Crippen LogP contribution in [-0.2, 0) is 12.8 Å². The molecule has 0 spiro atoms. The Hall–Kier alpha value is -1.06. The van der Waals surface area contributed by atoms with Crippen molar-refractivity contribution in [2.24, 2.45) is 11.7 Å². The number of hydrogen-bond donors (Lipinski definition) is 2. The van der Waals surface area contributed by atoms with E-state index in [0.717, 1.165) is 38.2 Å². The zero-order valence-corrected chi connectivity index (χ0v) is 11.8. The molecule has 0 aliphatic rings. The Morgan fingerprint density at radius 1 is 1.39 bits per heavy atom. The number of rotatable bonds is 8. The second-order valence-electron chi connectivity index (χ2n) is 4.79. The molecular formula is C15H26N2O. The molecule has 1 aromatic rings. The minimum atomic E-state index is 0.548. The first-order valence-electron chi connectivity index (χ1n) is 6.77. The van der Waals surface area contributed by atoms with Gasteiger partial charge in [-0.3, -0.25) is 0 Å². The van der Waals surface area contributed by atoms with Crippen molar-refractivity contribution >= 4 is 0 Å². The monoisotopic (exact) mass is 250 g/mol. The molecule has 1 rings (SSSR count). The summed E-state index contributed by atoms with van der Waals surface area (Å²) in [6.45, 7) is 7.06. The van der Waals surface area contributed by atoms with Gasteiger partial charge in [-0.15, -0.1) is 0 Å². The van der Waals surface area contributed by atoms with Crippen LogP contribution in [0.2, 0.25) is 0 Å². The third kappa shape index (κ3) is 4.67. The maximum atomic E-state index is 5.58. The van der Waals surface area contributed by atoms with Gasteiger partial charge in [0.1, 0.15) is 5.75 Å². The van der Waals surface area contributed by atoms with Gasteiger partial charge >= 0.3 is 0 Å². The Kier molecular flexibility index (Phi) is 6.76. The van der Waals surface area contributed by atoms with Gasteiger partial charge in [0, 0.05) is 0 Å². The first-order valence-corrected chi connectivity index (χ1v) is 6.77. The summed E-state index contributed by atoms with van der Waals surface area (Å²) in [7, 11) is 1.73. The quantitative estimate of drug-likeness (QED) is 0.694. The van der Waals surface area contributed by atoms with E-state index in [1.807, 2.05) is 0 Å². The maximum absolute atomic E-state index is 5.58. The van der Waals surface area contributed by atoms with Crippen LogP contribution in [-0.4, -0.2) is 26.7 Å². The predicted octanol–water partition coefficient (Wildman–Crippen LogP) is 1.98. The number of nitrogens with one attached hydrogen (secondary N) is 1. The summed E-state index contributed by atoms with van der Waals surface area (Å²) in [5, 5.41) is 3.44. The topological polar surface area (TPSA) is 47.3 Å². The third-order valence-electron chi connectivity index (χ3n) is 3.21. The van der Waals surface area contributed by atoms with Gasteiger partial charge in [-0.1, -0.05) is 26.0 Å². The first-order chi connectivity index (χ1) is 8.71. The molecule has 18 heavy (non-hydrogen) atoms. The molecular weight excluding hydrogens is 224 g/mol. The molecule has 3 N–H and O–H groups in total. The summed E-state index contributed by atoms with van der Waals surface area (Å²) in [6, 6.07) is 6.45. The fourth-order valence-electron chi connectivity index (χ4n) is 1.93. The molecule has 1 atom stereocenters. The van der Waals surface area contributed by atoms with Crippen molar-refractivity contribution in [3.63, 3.8) is 0 Å². The van der Waals surface area contributed by atoms with Gasteiger partial charge in [0.25, 0.3) is 0 Å². The number of hydrogen-bond acceptors (Lipinski definition) is 3. The summed E-state index contributed by atoms with van der Waals surface area (Å²) >= 11 is 0. The van der Waals surface area contributed by atoms with Crippen LogP contribution in [0.3, 0.4) is 0 Å². The highest BCUT2D eigenvalue weighted by atomic mass is 16.5. The number of nitrogens with two attached hydrogens (primary N) is 1. The number of aryl methyl sites for hydroxylation is 1.